The van der Waals surface area contributed by atoms with Crippen molar-refractivity contribution < 1.29 is 18.7 Å². The van der Waals surface area contributed by atoms with Crippen molar-refractivity contribution in [3.05, 3.63) is 59.5 Å². The average molecular weight is 356 g/mol. The summed E-state index contributed by atoms with van der Waals surface area (Å²) in [5.41, 5.74) is 2.88. The molecular weight excluding hydrogens is 335 g/mol. The number of amides is 1. The van der Waals surface area contributed by atoms with E-state index in [4.69, 9.17) is 9.47 Å². The summed E-state index contributed by atoms with van der Waals surface area (Å²) in [4.78, 5) is 15.2. The number of aromatic amines is 1. The number of ether oxygens (including phenoxy) is 2. The number of carbonyl (C=O) groups is 1. The molecule has 0 aliphatic heterocycles. The largest absolute Gasteiger partial charge is 0.493 e. The van der Waals surface area contributed by atoms with Gasteiger partial charge in [0.2, 0.25) is 0 Å². The Labute approximate surface area is 151 Å². The second-order valence-corrected chi connectivity index (χ2v) is 5.96. The lowest BCUT2D eigenvalue weighted by atomic mass is 10.1. The fourth-order valence-electron chi connectivity index (χ4n) is 2.94. The third-order valence-electron chi connectivity index (χ3n) is 4.21. The second-order valence-electron chi connectivity index (χ2n) is 5.96. The van der Waals surface area contributed by atoms with Crippen LogP contribution in [0.1, 0.15) is 11.3 Å². The van der Waals surface area contributed by atoms with Gasteiger partial charge < -0.3 is 19.8 Å². The molecule has 0 radical (unpaired) electrons. The van der Waals surface area contributed by atoms with E-state index in [1.807, 2.05) is 19.1 Å². The average Bonchev–Trinajstić information content (AvgIpc) is 2.95. The molecule has 1 aromatic heterocycles. The van der Waals surface area contributed by atoms with E-state index in [0.717, 1.165) is 22.2 Å². The highest BCUT2D eigenvalue weighted by Crippen LogP contribution is 2.25. The number of aryl methyl sites for hydroxylation is 1. The molecule has 0 saturated carbocycles. The third kappa shape index (κ3) is 3.96. The van der Waals surface area contributed by atoms with Crippen LogP contribution in [0.4, 0.5) is 4.39 Å². The van der Waals surface area contributed by atoms with E-state index in [1.54, 1.807) is 25.3 Å². The molecule has 2 aromatic carbocycles. The Morgan fingerprint density at radius 1 is 1.19 bits per heavy atom. The first kappa shape index (κ1) is 17.8. The standard InChI is InChI=1S/C20H21FN2O3/c1-13-15(16-11-14(21)7-8-17(16)23-13)9-10-22-20(24)12-26-19-6-4-3-5-18(19)25-2/h3-8,11,23H,9-10,12H2,1-2H3,(H,22,24). The highest BCUT2D eigenvalue weighted by atomic mass is 19.1. The first-order valence-electron chi connectivity index (χ1n) is 8.37. The quantitative estimate of drug-likeness (QED) is 0.682. The van der Waals surface area contributed by atoms with E-state index in [2.05, 4.69) is 10.3 Å². The summed E-state index contributed by atoms with van der Waals surface area (Å²) in [6, 6.07) is 11.8. The number of aromatic nitrogens is 1. The predicted molar refractivity (Wildman–Crippen MR) is 98.2 cm³/mol. The van der Waals surface area contributed by atoms with Gasteiger partial charge in [0, 0.05) is 23.1 Å². The molecule has 3 aromatic rings. The highest BCUT2D eigenvalue weighted by Gasteiger charge is 2.11. The minimum Gasteiger partial charge on any atom is -0.493 e. The van der Waals surface area contributed by atoms with E-state index in [-0.39, 0.29) is 18.3 Å². The van der Waals surface area contributed by atoms with Crippen molar-refractivity contribution >= 4 is 16.8 Å². The van der Waals surface area contributed by atoms with Gasteiger partial charge in [0.15, 0.2) is 18.1 Å². The number of fused-ring (bicyclic) bond motifs is 1. The third-order valence-corrected chi connectivity index (χ3v) is 4.21. The van der Waals surface area contributed by atoms with Crippen LogP contribution in [-0.2, 0) is 11.2 Å². The van der Waals surface area contributed by atoms with Crippen LogP contribution < -0.4 is 14.8 Å². The number of carbonyl (C=O) groups excluding carboxylic acids is 1. The van der Waals surface area contributed by atoms with Gasteiger partial charge in [0.05, 0.1) is 7.11 Å². The Morgan fingerprint density at radius 3 is 2.73 bits per heavy atom. The minimum atomic E-state index is -0.271. The van der Waals surface area contributed by atoms with Gasteiger partial charge in [0.25, 0.3) is 5.91 Å². The van der Waals surface area contributed by atoms with Crippen molar-refractivity contribution in [1.29, 1.82) is 0 Å². The molecule has 0 saturated heterocycles. The Balaban J connectivity index is 1.54. The predicted octanol–water partition coefficient (Wildman–Crippen LogP) is 3.36. The molecule has 6 heteroatoms. The zero-order valence-corrected chi connectivity index (χ0v) is 14.8. The van der Waals surface area contributed by atoms with Crippen LogP contribution in [0, 0.1) is 12.7 Å². The van der Waals surface area contributed by atoms with Gasteiger partial charge in [-0.1, -0.05) is 12.1 Å². The lowest BCUT2D eigenvalue weighted by Gasteiger charge is -2.10. The fourth-order valence-corrected chi connectivity index (χ4v) is 2.94. The summed E-state index contributed by atoms with van der Waals surface area (Å²) in [5.74, 6) is 0.608. The van der Waals surface area contributed by atoms with Gasteiger partial charge in [-0.25, -0.2) is 4.39 Å². The number of para-hydroxylation sites is 2. The lowest BCUT2D eigenvalue weighted by molar-refractivity contribution is -0.123. The Morgan fingerprint density at radius 2 is 1.96 bits per heavy atom. The van der Waals surface area contributed by atoms with Gasteiger partial charge in [-0.05, 0) is 49.2 Å². The number of hydrogen-bond acceptors (Lipinski definition) is 3. The van der Waals surface area contributed by atoms with E-state index in [9.17, 15) is 9.18 Å². The number of benzene rings is 2. The highest BCUT2D eigenvalue weighted by molar-refractivity contribution is 5.85. The molecule has 0 spiro atoms. The molecule has 1 amide bonds. The minimum absolute atomic E-state index is 0.0954. The summed E-state index contributed by atoms with van der Waals surface area (Å²) < 4.78 is 24.2. The molecule has 136 valence electrons. The maximum Gasteiger partial charge on any atom is 0.257 e. The zero-order valence-electron chi connectivity index (χ0n) is 14.8. The summed E-state index contributed by atoms with van der Waals surface area (Å²) in [6.45, 7) is 2.29. The van der Waals surface area contributed by atoms with E-state index < -0.39 is 0 Å². The first-order valence-corrected chi connectivity index (χ1v) is 8.37. The Bertz CT molecular complexity index is 921. The topological polar surface area (TPSA) is 63.4 Å². The normalized spacial score (nSPS) is 10.7. The van der Waals surface area contributed by atoms with Crippen molar-refractivity contribution in [2.75, 3.05) is 20.3 Å². The fraction of sp³-hybridized carbons (Fsp3) is 0.250. The lowest BCUT2D eigenvalue weighted by Crippen LogP contribution is -2.30. The molecule has 0 unspecified atom stereocenters. The van der Waals surface area contributed by atoms with Crippen LogP contribution in [0.3, 0.4) is 0 Å². The molecular formula is C20H21FN2O3. The van der Waals surface area contributed by atoms with Gasteiger partial charge >= 0.3 is 0 Å². The van der Waals surface area contributed by atoms with Crippen LogP contribution in [-0.4, -0.2) is 31.2 Å². The molecule has 5 nitrogen and oxygen atoms in total. The van der Waals surface area contributed by atoms with E-state index >= 15 is 0 Å². The van der Waals surface area contributed by atoms with Crippen LogP contribution in [0.15, 0.2) is 42.5 Å². The van der Waals surface area contributed by atoms with E-state index in [0.29, 0.717) is 24.5 Å². The maximum absolute atomic E-state index is 13.5. The number of halogens is 1. The van der Waals surface area contributed by atoms with Crippen LogP contribution in [0.25, 0.3) is 10.9 Å². The van der Waals surface area contributed by atoms with E-state index in [1.165, 1.54) is 12.1 Å². The molecule has 2 N–H and O–H groups in total. The molecule has 0 aliphatic rings. The van der Waals surface area contributed by atoms with Crippen molar-refractivity contribution in [2.24, 2.45) is 0 Å². The summed E-state index contributed by atoms with van der Waals surface area (Å²) in [5, 5.41) is 3.67. The van der Waals surface area contributed by atoms with Crippen LogP contribution >= 0.6 is 0 Å². The van der Waals surface area contributed by atoms with Crippen molar-refractivity contribution in [2.45, 2.75) is 13.3 Å². The summed E-state index contributed by atoms with van der Waals surface area (Å²) in [7, 11) is 1.55. The molecule has 0 bridgehead atoms. The SMILES string of the molecule is COc1ccccc1OCC(=O)NCCc1c(C)[nH]c2ccc(F)cc12. The molecule has 0 aliphatic carbocycles. The maximum atomic E-state index is 13.5. The molecule has 1 heterocycles. The van der Waals surface area contributed by atoms with Crippen molar-refractivity contribution in [1.82, 2.24) is 10.3 Å². The number of rotatable bonds is 7. The summed E-state index contributed by atoms with van der Waals surface area (Å²) in [6.07, 6.45) is 0.607. The van der Waals surface area contributed by atoms with Gasteiger partial charge in [-0.3, -0.25) is 4.79 Å². The number of H-pyrrole nitrogens is 1. The Hall–Kier alpha value is -3.02. The molecule has 0 atom stereocenters. The smallest absolute Gasteiger partial charge is 0.257 e. The van der Waals surface area contributed by atoms with Gasteiger partial charge in [-0.2, -0.15) is 0 Å². The van der Waals surface area contributed by atoms with Gasteiger partial charge in [-0.15, -0.1) is 0 Å². The second kappa shape index (κ2) is 7.91. The van der Waals surface area contributed by atoms with Crippen molar-refractivity contribution in [3.8, 4) is 11.5 Å². The number of methoxy groups -OCH3 is 1. The number of hydrogen-bond donors (Lipinski definition) is 2. The Kier molecular flexibility index (Phi) is 5.41. The van der Waals surface area contributed by atoms with Crippen LogP contribution in [0.2, 0.25) is 0 Å². The van der Waals surface area contributed by atoms with Gasteiger partial charge in [0.1, 0.15) is 5.82 Å². The molecule has 26 heavy (non-hydrogen) atoms. The summed E-state index contributed by atoms with van der Waals surface area (Å²) >= 11 is 0. The molecule has 3 rings (SSSR count). The first-order chi connectivity index (χ1) is 12.6. The zero-order chi connectivity index (χ0) is 18.5. The molecule has 0 fully saturated rings. The monoisotopic (exact) mass is 356 g/mol. The van der Waals surface area contributed by atoms with Crippen LogP contribution in [0.5, 0.6) is 11.5 Å². The van der Waals surface area contributed by atoms with Crippen molar-refractivity contribution in [3.63, 3.8) is 0 Å². The number of nitrogens with one attached hydrogen (secondary N) is 2.